The molecule has 7 nitrogen and oxygen atoms in total. The van der Waals surface area contributed by atoms with Gasteiger partial charge in [0.2, 0.25) is 5.91 Å². The number of carbonyl (C=O) groups excluding carboxylic acids is 3. The van der Waals surface area contributed by atoms with Crippen LogP contribution in [-0.4, -0.2) is 45.0 Å². The first-order valence-electron chi connectivity index (χ1n) is 13.9. The van der Waals surface area contributed by atoms with Crippen LogP contribution in [0.2, 0.25) is 0 Å². The molecule has 8 heteroatoms. The van der Waals surface area contributed by atoms with Gasteiger partial charge in [0.1, 0.15) is 17.2 Å². The summed E-state index contributed by atoms with van der Waals surface area (Å²) < 4.78 is 5.88. The fraction of sp³-hybridized carbons (Fsp3) is 0.171. The number of nitrogens with one attached hydrogen (secondary N) is 1. The average Bonchev–Trinajstić information content (AvgIpc) is 3.04. The molecule has 0 spiro atoms. The number of nitrogens with zero attached hydrogens (tertiary/aromatic N) is 1. The first kappa shape index (κ1) is 29.7. The lowest BCUT2D eigenvalue weighted by Gasteiger charge is -2.48. The van der Waals surface area contributed by atoms with Crippen LogP contribution in [0.4, 0.5) is 0 Å². The summed E-state index contributed by atoms with van der Waals surface area (Å²) in [5.41, 5.74) is 3.51. The zero-order chi connectivity index (χ0) is 30.2. The van der Waals surface area contributed by atoms with Gasteiger partial charge in [0, 0.05) is 0 Å². The van der Waals surface area contributed by atoms with Gasteiger partial charge in [-0.05, 0) is 23.6 Å². The molecule has 2 heterocycles. The van der Waals surface area contributed by atoms with E-state index in [0.717, 1.165) is 16.7 Å². The Morgan fingerprint density at radius 1 is 0.860 bits per heavy atom. The number of aryl methyl sites for hydroxylation is 1. The molecule has 2 aliphatic rings. The molecule has 0 saturated carbocycles. The molecule has 4 aromatic carbocycles. The van der Waals surface area contributed by atoms with Gasteiger partial charge in [-0.1, -0.05) is 127 Å². The largest absolute Gasteiger partial charge is 0.509 e. The molecule has 4 aromatic rings. The maximum Gasteiger partial charge on any atom is 0.359 e. The van der Waals surface area contributed by atoms with Crippen molar-refractivity contribution in [1.82, 2.24) is 10.2 Å². The third kappa shape index (κ3) is 7.16. The maximum absolute atomic E-state index is 13.3. The zero-order valence-electron chi connectivity index (χ0n) is 23.6. The summed E-state index contributed by atoms with van der Waals surface area (Å²) in [6.07, 6.45) is -0.570. The number of benzene rings is 4. The van der Waals surface area contributed by atoms with Crippen molar-refractivity contribution >= 4 is 29.5 Å². The highest BCUT2D eigenvalue weighted by Crippen LogP contribution is 2.41. The van der Waals surface area contributed by atoms with Crippen LogP contribution in [0.3, 0.4) is 0 Å². The van der Waals surface area contributed by atoms with Crippen LogP contribution in [0.15, 0.2) is 133 Å². The van der Waals surface area contributed by atoms with E-state index >= 15 is 0 Å². The van der Waals surface area contributed by atoms with Gasteiger partial charge in [-0.2, -0.15) is 0 Å². The summed E-state index contributed by atoms with van der Waals surface area (Å²) in [7, 11) is 0. The van der Waals surface area contributed by atoms with Crippen LogP contribution in [0.5, 0.6) is 0 Å². The highest BCUT2D eigenvalue weighted by molar-refractivity contribution is 8.00. The number of β-lactam (4-membered cyclic amide) rings is 1. The average molecular weight is 593 g/mol. The van der Waals surface area contributed by atoms with Crippen LogP contribution in [-0.2, 0) is 25.5 Å². The minimum absolute atomic E-state index is 0.130. The molecule has 43 heavy (non-hydrogen) atoms. The molecule has 218 valence electrons. The predicted molar refractivity (Wildman–Crippen MR) is 167 cm³/mol. The molecular weight excluding hydrogens is 560 g/mol. The summed E-state index contributed by atoms with van der Waals surface area (Å²) in [5.74, 6) is -1.62. The third-order valence-corrected chi connectivity index (χ3v) is 8.30. The number of esters is 1. The second-order valence-corrected chi connectivity index (χ2v) is 11.3. The minimum Gasteiger partial charge on any atom is -0.509 e. The van der Waals surface area contributed by atoms with Gasteiger partial charge in [0.25, 0.3) is 5.91 Å². The lowest BCUT2D eigenvalue weighted by atomic mass is 10.0. The standard InChI is InChI=1S/C28H24N2O5S.C7H8/c31-21-17-36-27-23(29-22(32)16-18-10-4-1-5-11-18)26(33)30(27)24(21)28(34)35-25(19-12-6-2-7-13-19)20-14-8-3-9-15-20;1-7-5-3-2-4-6-7/h1-15,23,25,27,31H,16-17H2,(H,29,32);2-6H,1H3. The quantitative estimate of drug-likeness (QED) is 0.210. The number of fused-ring (bicyclic) bond motifs is 1. The van der Waals surface area contributed by atoms with E-state index in [4.69, 9.17) is 4.74 Å². The van der Waals surface area contributed by atoms with E-state index in [9.17, 15) is 19.5 Å². The number of amides is 2. The normalized spacial score (nSPS) is 17.3. The van der Waals surface area contributed by atoms with Gasteiger partial charge < -0.3 is 15.2 Å². The molecule has 2 N–H and O–H groups in total. The Balaban J connectivity index is 0.000000463. The van der Waals surface area contributed by atoms with Crippen molar-refractivity contribution in [2.75, 3.05) is 5.75 Å². The Kier molecular flexibility index (Phi) is 9.59. The van der Waals surface area contributed by atoms with Crippen LogP contribution in [0, 0.1) is 6.92 Å². The fourth-order valence-corrected chi connectivity index (χ4v) is 6.08. The molecule has 0 aromatic heterocycles. The minimum atomic E-state index is -0.794. The van der Waals surface area contributed by atoms with Gasteiger partial charge in [-0.15, -0.1) is 11.8 Å². The molecule has 0 radical (unpaired) electrons. The van der Waals surface area contributed by atoms with Gasteiger partial charge in [-0.25, -0.2) is 4.79 Å². The van der Waals surface area contributed by atoms with Crippen LogP contribution in [0.25, 0.3) is 0 Å². The molecule has 1 fully saturated rings. The number of aliphatic hydroxyl groups excluding tert-OH is 1. The third-order valence-electron chi connectivity index (χ3n) is 7.04. The van der Waals surface area contributed by atoms with Crippen molar-refractivity contribution < 1.29 is 24.2 Å². The van der Waals surface area contributed by atoms with E-state index < -0.39 is 29.4 Å². The van der Waals surface area contributed by atoms with E-state index in [2.05, 4.69) is 24.4 Å². The van der Waals surface area contributed by atoms with Crippen molar-refractivity contribution in [3.05, 3.63) is 155 Å². The Morgan fingerprint density at radius 3 is 1.88 bits per heavy atom. The van der Waals surface area contributed by atoms with Crippen molar-refractivity contribution in [3.63, 3.8) is 0 Å². The number of rotatable bonds is 7. The highest BCUT2D eigenvalue weighted by Gasteiger charge is 2.55. The van der Waals surface area contributed by atoms with Crippen molar-refractivity contribution in [2.45, 2.75) is 30.9 Å². The van der Waals surface area contributed by atoms with E-state index in [-0.39, 0.29) is 29.5 Å². The van der Waals surface area contributed by atoms with E-state index in [1.807, 2.05) is 109 Å². The molecule has 2 unspecified atom stereocenters. The maximum atomic E-state index is 13.3. The van der Waals surface area contributed by atoms with Crippen molar-refractivity contribution in [1.29, 1.82) is 0 Å². The Hall–Kier alpha value is -4.82. The number of aliphatic hydroxyl groups is 1. The topological polar surface area (TPSA) is 95.9 Å². The highest BCUT2D eigenvalue weighted by atomic mass is 32.2. The number of thioether (sulfide) groups is 1. The fourth-order valence-electron chi connectivity index (χ4n) is 4.88. The summed E-state index contributed by atoms with van der Waals surface area (Å²) in [4.78, 5) is 40.1. The number of ether oxygens (including phenoxy) is 1. The van der Waals surface area contributed by atoms with Gasteiger partial charge in [0.05, 0.1) is 12.2 Å². The summed E-state index contributed by atoms with van der Waals surface area (Å²) in [6.45, 7) is 2.08. The molecule has 1 saturated heterocycles. The molecule has 6 rings (SSSR count). The Bertz CT molecular complexity index is 1540. The predicted octanol–water partition coefficient (Wildman–Crippen LogP) is 5.73. The SMILES string of the molecule is Cc1ccccc1.O=C(Cc1ccccc1)NC1C(=O)N2C(C(=O)OC(c3ccccc3)c3ccccc3)=C(O)CSC12. The number of hydrogen-bond acceptors (Lipinski definition) is 6. The van der Waals surface area contributed by atoms with Gasteiger partial charge >= 0.3 is 5.97 Å². The zero-order valence-corrected chi connectivity index (χ0v) is 24.4. The van der Waals surface area contributed by atoms with Crippen molar-refractivity contribution in [2.24, 2.45) is 0 Å². The number of carbonyl (C=O) groups is 3. The van der Waals surface area contributed by atoms with Gasteiger partial charge in [0.15, 0.2) is 11.8 Å². The summed E-state index contributed by atoms with van der Waals surface area (Å²) >= 11 is 1.29. The Morgan fingerprint density at radius 2 is 1.37 bits per heavy atom. The monoisotopic (exact) mass is 592 g/mol. The molecular formula is C35H32N2O5S. The van der Waals surface area contributed by atoms with E-state index in [1.165, 1.54) is 22.2 Å². The first-order valence-corrected chi connectivity index (χ1v) is 15.0. The lowest BCUT2D eigenvalue weighted by molar-refractivity contribution is -0.155. The molecule has 2 amide bonds. The second kappa shape index (κ2) is 13.9. The lowest BCUT2D eigenvalue weighted by Crippen LogP contribution is -2.70. The van der Waals surface area contributed by atoms with Crippen molar-refractivity contribution in [3.8, 4) is 0 Å². The summed E-state index contributed by atoms with van der Waals surface area (Å²) in [5, 5.41) is 12.8. The molecule has 0 bridgehead atoms. The summed E-state index contributed by atoms with van der Waals surface area (Å²) in [6, 6.07) is 37.3. The first-order chi connectivity index (χ1) is 20.9. The van der Waals surface area contributed by atoms with Crippen LogP contribution >= 0.6 is 11.8 Å². The molecule has 0 aliphatic carbocycles. The smallest absolute Gasteiger partial charge is 0.359 e. The number of hydrogen-bond donors (Lipinski definition) is 2. The van der Waals surface area contributed by atoms with Gasteiger partial charge in [-0.3, -0.25) is 14.5 Å². The van der Waals surface area contributed by atoms with Crippen LogP contribution in [0.1, 0.15) is 28.4 Å². The molecule has 2 atom stereocenters. The van der Waals surface area contributed by atoms with E-state index in [0.29, 0.717) is 0 Å². The molecule has 2 aliphatic heterocycles. The second-order valence-electron chi connectivity index (χ2n) is 10.2. The van der Waals surface area contributed by atoms with Crippen LogP contribution < -0.4 is 5.32 Å². The Labute approximate surface area is 255 Å². The van der Waals surface area contributed by atoms with E-state index in [1.54, 1.807) is 0 Å².